The predicted molar refractivity (Wildman–Crippen MR) is 62.0 cm³/mol. The highest BCUT2D eigenvalue weighted by Crippen LogP contribution is 2.61. The minimum atomic E-state index is -2.98. The van der Waals surface area contributed by atoms with Gasteiger partial charge in [0, 0.05) is 19.0 Å². The molecule has 0 aromatic carbocycles. The lowest BCUT2D eigenvalue weighted by atomic mass is 10.0. The van der Waals surface area contributed by atoms with Gasteiger partial charge in [0.05, 0.1) is 12.6 Å². The third-order valence-corrected chi connectivity index (χ3v) is 3.97. The number of nitrogens with zero attached hydrogens (tertiary/aromatic N) is 2. The Morgan fingerprint density at radius 3 is 2.75 bits per heavy atom. The smallest absolute Gasteiger partial charge is 0.263 e. The second-order valence-electron chi connectivity index (χ2n) is 5.40. The minimum Gasteiger partial charge on any atom is -0.272 e. The molecule has 2 fully saturated rings. The fourth-order valence-corrected chi connectivity index (χ4v) is 2.43. The summed E-state index contributed by atoms with van der Waals surface area (Å²) in [7, 11) is 0. The number of alkyl halides is 2. The van der Waals surface area contributed by atoms with Crippen LogP contribution >= 0.6 is 0 Å². The molecule has 108 valence electrons. The van der Waals surface area contributed by atoms with Crippen LogP contribution in [0.2, 0.25) is 0 Å². The van der Waals surface area contributed by atoms with Gasteiger partial charge in [0.1, 0.15) is 5.41 Å². The maximum absolute atomic E-state index is 13.3. The molecule has 0 spiro atoms. The number of rotatable bonds is 2. The standard InChI is InChI=1S/C13H13F3N2O2/c1-12(7-13(12,15)16)11(19)18-9(4-5-20-18)8-2-3-10(14)17-6-8/h2-3,6,9H,4-5,7H2,1H3/t9-,12-/m0/s1. The van der Waals surface area contributed by atoms with Crippen molar-refractivity contribution in [2.24, 2.45) is 5.41 Å². The van der Waals surface area contributed by atoms with Crippen molar-refractivity contribution in [2.75, 3.05) is 6.61 Å². The van der Waals surface area contributed by atoms with Gasteiger partial charge in [0.2, 0.25) is 5.95 Å². The van der Waals surface area contributed by atoms with Crippen molar-refractivity contribution >= 4 is 5.91 Å². The Kier molecular flexibility index (Phi) is 2.79. The maximum atomic E-state index is 13.3. The average Bonchev–Trinajstić information content (AvgIpc) is 2.80. The number of halogens is 3. The number of pyridine rings is 1. The zero-order valence-electron chi connectivity index (χ0n) is 10.8. The molecule has 2 atom stereocenters. The van der Waals surface area contributed by atoms with Crippen LogP contribution in [0.1, 0.15) is 31.4 Å². The summed E-state index contributed by atoms with van der Waals surface area (Å²) in [5.41, 5.74) is -1.12. The van der Waals surface area contributed by atoms with E-state index in [1.165, 1.54) is 25.3 Å². The molecule has 1 saturated heterocycles. The van der Waals surface area contributed by atoms with Gasteiger partial charge in [-0.15, -0.1) is 0 Å². The molecule has 4 nitrogen and oxygen atoms in total. The Labute approximate surface area is 113 Å². The largest absolute Gasteiger partial charge is 0.272 e. The third-order valence-electron chi connectivity index (χ3n) is 3.97. The fourth-order valence-electron chi connectivity index (χ4n) is 2.43. The van der Waals surface area contributed by atoms with Crippen LogP contribution in [0.3, 0.4) is 0 Å². The van der Waals surface area contributed by atoms with Gasteiger partial charge < -0.3 is 0 Å². The Morgan fingerprint density at radius 2 is 2.20 bits per heavy atom. The van der Waals surface area contributed by atoms with Gasteiger partial charge in [-0.2, -0.15) is 4.39 Å². The van der Waals surface area contributed by atoms with Crippen LogP contribution in [0.25, 0.3) is 0 Å². The van der Waals surface area contributed by atoms with Gasteiger partial charge in [-0.3, -0.25) is 9.63 Å². The summed E-state index contributed by atoms with van der Waals surface area (Å²) in [5, 5.41) is 0.996. The first kappa shape index (κ1) is 13.4. The van der Waals surface area contributed by atoms with E-state index in [0.29, 0.717) is 12.0 Å². The molecule has 0 unspecified atom stereocenters. The van der Waals surface area contributed by atoms with Crippen molar-refractivity contribution in [3.05, 3.63) is 29.8 Å². The lowest BCUT2D eigenvalue weighted by molar-refractivity contribution is -0.186. The van der Waals surface area contributed by atoms with Gasteiger partial charge >= 0.3 is 0 Å². The quantitative estimate of drug-likeness (QED) is 0.784. The summed E-state index contributed by atoms with van der Waals surface area (Å²) >= 11 is 0. The topological polar surface area (TPSA) is 42.4 Å². The van der Waals surface area contributed by atoms with E-state index in [9.17, 15) is 18.0 Å². The molecule has 0 N–H and O–H groups in total. The number of hydrogen-bond donors (Lipinski definition) is 0. The molecule has 0 radical (unpaired) electrons. The first-order valence-corrected chi connectivity index (χ1v) is 6.31. The highest BCUT2D eigenvalue weighted by atomic mass is 19.3. The molecule has 2 heterocycles. The molecule has 7 heteroatoms. The highest BCUT2D eigenvalue weighted by molar-refractivity contribution is 5.86. The van der Waals surface area contributed by atoms with Crippen LogP contribution in [0.5, 0.6) is 0 Å². The number of hydrogen-bond acceptors (Lipinski definition) is 3. The molecule has 1 aromatic rings. The molecule has 2 aliphatic rings. The first-order valence-electron chi connectivity index (χ1n) is 6.31. The molecule has 1 amide bonds. The zero-order chi connectivity index (χ0) is 14.5. The van der Waals surface area contributed by atoms with E-state index in [-0.39, 0.29) is 6.61 Å². The summed E-state index contributed by atoms with van der Waals surface area (Å²) in [4.78, 5) is 20.9. The Bertz CT molecular complexity index is 549. The lowest BCUT2D eigenvalue weighted by Gasteiger charge is -2.25. The average molecular weight is 286 g/mol. The Hall–Kier alpha value is -1.63. The van der Waals surface area contributed by atoms with Crippen molar-refractivity contribution in [1.82, 2.24) is 10.0 Å². The first-order chi connectivity index (χ1) is 9.35. The van der Waals surface area contributed by atoms with Crippen LogP contribution in [-0.4, -0.2) is 28.5 Å². The molecule has 1 saturated carbocycles. The van der Waals surface area contributed by atoms with E-state index >= 15 is 0 Å². The summed E-state index contributed by atoms with van der Waals surface area (Å²) in [6.07, 6.45) is 1.30. The number of carbonyl (C=O) groups is 1. The fraction of sp³-hybridized carbons (Fsp3) is 0.538. The van der Waals surface area contributed by atoms with E-state index in [0.717, 1.165) is 5.06 Å². The number of hydroxylamine groups is 2. The molecule has 20 heavy (non-hydrogen) atoms. The second kappa shape index (κ2) is 4.18. The third kappa shape index (κ3) is 1.88. The van der Waals surface area contributed by atoms with Crippen molar-refractivity contribution in [3.8, 4) is 0 Å². The van der Waals surface area contributed by atoms with E-state index in [1.807, 2.05) is 0 Å². The normalized spacial score (nSPS) is 31.4. The lowest BCUT2D eigenvalue weighted by Crippen LogP contribution is -2.37. The van der Waals surface area contributed by atoms with Crippen molar-refractivity contribution in [1.29, 1.82) is 0 Å². The number of carbonyl (C=O) groups excluding carboxylic acids is 1. The van der Waals surface area contributed by atoms with E-state index < -0.39 is 35.7 Å². The molecular weight excluding hydrogens is 273 g/mol. The van der Waals surface area contributed by atoms with Crippen molar-refractivity contribution in [3.63, 3.8) is 0 Å². The van der Waals surface area contributed by atoms with Gasteiger partial charge in [-0.05, 0) is 18.6 Å². The molecule has 3 rings (SSSR count). The van der Waals surface area contributed by atoms with Crippen LogP contribution in [0, 0.1) is 11.4 Å². The Morgan fingerprint density at radius 1 is 1.50 bits per heavy atom. The van der Waals surface area contributed by atoms with E-state index in [4.69, 9.17) is 4.84 Å². The Balaban J connectivity index is 1.83. The maximum Gasteiger partial charge on any atom is 0.263 e. The summed E-state index contributed by atoms with van der Waals surface area (Å²) in [6, 6.07) is 2.16. The molecule has 0 bridgehead atoms. The van der Waals surface area contributed by atoms with Crippen LogP contribution in [0.15, 0.2) is 18.3 Å². The highest BCUT2D eigenvalue weighted by Gasteiger charge is 2.74. The molecule has 1 aliphatic carbocycles. The van der Waals surface area contributed by atoms with Gasteiger partial charge in [-0.1, -0.05) is 6.07 Å². The summed E-state index contributed by atoms with van der Waals surface area (Å²) in [6.45, 7) is 1.49. The summed E-state index contributed by atoms with van der Waals surface area (Å²) in [5.74, 6) is -4.35. The van der Waals surface area contributed by atoms with Crippen LogP contribution in [0.4, 0.5) is 13.2 Å². The van der Waals surface area contributed by atoms with Gasteiger partial charge in [-0.25, -0.2) is 18.8 Å². The van der Waals surface area contributed by atoms with Crippen LogP contribution < -0.4 is 0 Å². The van der Waals surface area contributed by atoms with Crippen molar-refractivity contribution in [2.45, 2.75) is 31.7 Å². The molecule has 1 aromatic heterocycles. The van der Waals surface area contributed by atoms with Crippen molar-refractivity contribution < 1.29 is 22.8 Å². The van der Waals surface area contributed by atoms with E-state index in [1.54, 1.807) is 0 Å². The SMILES string of the molecule is C[C@@]1(C(=O)N2OCC[C@H]2c2ccc(F)nc2)CC1(F)F. The van der Waals surface area contributed by atoms with Crippen LogP contribution in [-0.2, 0) is 9.63 Å². The molecular formula is C13H13F3N2O2. The van der Waals surface area contributed by atoms with Gasteiger partial charge in [0.25, 0.3) is 11.8 Å². The number of amides is 1. The second-order valence-corrected chi connectivity index (χ2v) is 5.40. The van der Waals surface area contributed by atoms with Gasteiger partial charge in [0.15, 0.2) is 0 Å². The summed E-state index contributed by atoms with van der Waals surface area (Å²) < 4.78 is 39.4. The number of aromatic nitrogens is 1. The minimum absolute atomic E-state index is 0.259. The monoisotopic (exact) mass is 286 g/mol. The molecule has 1 aliphatic heterocycles. The zero-order valence-corrected chi connectivity index (χ0v) is 10.8. The van der Waals surface area contributed by atoms with E-state index in [2.05, 4.69) is 4.98 Å². The predicted octanol–water partition coefficient (Wildman–Crippen LogP) is 2.47.